The predicted octanol–water partition coefficient (Wildman–Crippen LogP) is 4.87. The maximum absolute atomic E-state index is 14.0. The molecule has 5 unspecified atom stereocenters. The van der Waals surface area contributed by atoms with Gasteiger partial charge < -0.3 is 34.1 Å². The summed E-state index contributed by atoms with van der Waals surface area (Å²) in [6.07, 6.45) is 5.28. The van der Waals surface area contributed by atoms with E-state index < -0.39 is 77.8 Å². The lowest BCUT2D eigenvalue weighted by atomic mass is 9.83. The minimum Gasteiger partial charge on any atom is -0.456 e. The van der Waals surface area contributed by atoms with Crippen LogP contribution < -0.4 is 0 Å². The van der Waals surface area contributed by atoms with Crippen LogP contribution in [0.1, 0.15) is 99.3 Å². The number of Topliss-reactive ketones (excluding diaryl/α,β-unsaturated/α-hetero) is 2. The predicted molar refractivity (Wildman–Crippen MR) is 189 cm³/mol. The monoisotopic (exact) mass is 703 g/mol. The van der Waals surface area contributed by atoms with E-state index in [1.165, 1.54) is 19.1 Å². The molecule has 2 fully saturated rings. The molecule has 0 aromatic rings. The molecule has 0 spiro atoms. The van der Waals surface area contributed by atoms with E-state index in [1.807, 2.05) is 39.8 Å². The molecule has 3 heterocycles. The average Bonchev–Trinajstić information content (AvgIpc) is 3.08. The van der Waals surface area contributed by atoms with Gasteiger partial charge in [0, 0.05) is 44.9 Å². The zero-order chi connectivity index (χ0) is 37.3. The average molecular weight is 704 g/mol. The van der Waals surface area contributed by atoms with E-state index in [0.29, 0.717) is 44.1 Å². The second-order valence-electron chi connectivity index (χ2n) is 14.9. The highest BCUT2D eigenvalue weighted by atomic mass is 16.7. The fourth-order valence-electron chi connectivity index (χ4n) is 7.65. The number of cyclic esters (lactones) is 1. The highest BCUT2D eigenvalue weighted by Crippen LogP contribution is 2.38. The number of carbonyl (C=O) groups excluding carboxylic acids is 4. The second-order valence-corrected chi connectivity index (χ2v) is 14.9. The van der Waals surface area contributed by atoms with Crippen LogP contribution in [-0.4, -0.2) is 102 Å². The van der Waals surface area contributed by atoms with Gasteiger partial charge in [-0.15, -0.1) is 6.58 Å². The third-order valence-electron chi connectivity index (χ3n) is 10.6. The van der Waals surface area contributed by atoms with Gasteiger partial charge in [-0.1, -0.05) is 51.5 Å². The highest BCUT2D eigenvalue weighted by molar-refractivity contribution is 6.39. The van der Waals surface area contributed by atoms with E-state index in [9.17, 15) is 29.4 Å². The first-order valence-corrected chi connectivity index (χ1v) is 18.3. The van der Waals surface area contributed by atoms with Crippen molar-refractivity contribution in [2.45, 2.75) is 142 Å². The Bertz CT molecular complexity index is 1280. The Balaban J connectivity index is 2.10. The number of fused-ring (bicyclic) bond motifs is 3. The molecule has 50 heavy (non-hydrogen) atoms. The number of ether oxygens (including phenoxy) is 4. The van der Waals surface area contributed by atoms with Crippen molar-refractivity contribution in [2.75, 3.05) is 20.8 Å². The number of amides is 1. The summed E-state index contributed by atoms with van der Waals surface area (Å²) in [7, 11) is 3.05. The number of hydrogen-bond acceptors (Lipinski definition) is 10. The number of aliphatic hydroxyl groups is 2. The summed E-state index contributed by atoms with van der Waals surface area (Å²) in [6.45, 7) is 15.1. The summed E-state index contributed by atoms with van der Waals surface area (Å²) in [6, 6.07) is -1.09. The number of aliphatic hydroxyl groups excluding tert-OH is 1. The van der Waals surface area contributed by atoms with Crippen LogP contribution in [0.15, 0.2) is 36.0 Å². The number of rotatable bonds is 6. The van der Waals surface area contributed by atoms with Gasteiger partial charge in [-0.25, -0.2) is 4.79 Å². The number of methoxy groups -OCH3 is 2. The molecule has 11 nitrogen and oxygen atoms in total. The maximum Gasteiger partial charge on any atom is 0.329 e. The normalized spacial score (nSPS) is 37.3. The zero-order valence-electron chi connectivity index (χ0n) is 31.4. The summed E-state index contributed by atoms with van der Waals surface area (Å²) in [4.78, 5) is 56.8. The lowest BCUT2D eigenvalue weighted by Gasteiger charge is -2.46. The third-order valence-corrected chi connectivity index (χ3v) is 10.6. The summed E-state index contributed by atoms with van der Waals surface area (Å²) >= 11 is 0. The number of allylic oxidation sites excluding steroid dienone is 4. The molecule has 11 heteroatoms. The van der Waals surface area contributed by atoms with Crippen LogP contribution in [0, 0.1) is 23.7 Å². The van der Waals surface area contributed by atoms with Crippen molar-refractivity contribution in [1.29, 1.82) is 0 Å². The molecule has 3 aliphatic rings. The largest absolute Gasteiger partial charge is 0.456 e. The number of ketones is 2. The van der Waals surface area contributed by atoms with Gasteiger partial charge in [0.25, 0.3) is 11.7 Å². The highest BCUT2D eigenvalue weighted by Gasteiger charge is 2.56. The van der Waals surface area contributed by atoms with E-state index >= 15 is 0 Å². The Morgan fingerprint density at radius 3 is 2.40 bits per heavy atom. The van der Waals surface area contributed by atoms with Crippen LogP contribution in [0.2, 0.25) is 0 Å². The Morgan fingerprint density at radius 2 is 1.78 bits per heavy atom. The van der Waals surface area contributed by atoms with Crippen molar-refractivity contribution in [3.8, 4) is 0 Å². The Labute approximate surface area is 298 Å². The van der Waals surface area contributed by atoms with E-state index in [4.69, 9.17) is 18.9 Å². The summed E-state index contributed by atoms with van der Waals surface area (Å²) < 4.78 is 23.8. The molecular weight excluding hydrogens is 642 g/mol. The van der Waals surface area contributed by atoms with E-state index in [2.05, 4.69) is 6.58 Å². The first-order chi connectivity index (χ1) is 23.6. The fraction of sp³-hybridized carbons (Fsp3) is 0.744. The molecule has 0 aliphatic carbocycles. The van der Waals surface area contributed by atoms with Gasteiger partial charge in [-0.05, 0) is 76.7 Å². The van der Waals surface area contributed by atoms with Crippen LogP contribution in [-0.2, 0) is 38.1 Å². The number of esters is 1. The molecule has 2 saturated heterocycles. The van der Waals surface area contributed by atoms with Crippen molar-refractivity contribution in [3.05, 3.63) is 36.0 Å². The molecule has 0 saturated carbocycles. The molecule has 0 aromatic heterocycles. The van der Waals surface area contributed by atoms with Crippen LogP contribution in [0.3, 0.4) is 0 Å². The standard InChI is InChI=1S/C39H61NO10/c1-10-14-28-20-24(4)15-13-17-32(47-8)35-33(48-9)21-26(6)39(46,50-35)36(43)37(44)40-18-12-11-16-29(40)38(45)49-34(25(5)19-23(2)3)27(7)30(41)22-31(28)42/h10,19-20,23,26-30,32-35,41,46H,1,11-18,21-22H2,2-9H3/b24-20+,25-19+/t26?,27-,28?,29+,30+,32+,33?,34-,35?,39?/m1/s1. The first kappa shape index (κ1) is 41.7. The number of piperidine rings is 1. The topological polar surface area (TPSA) is 149 Å². The molecule has 0 radical (unpaired) electrons. The summed E-state index contributed by atoms with van der Waals surface area (Å²) in [5.41, 5.74) is 1.69. The molecule has 10 atom stereocenters. The van der Waals surface area contributed by atoms with Crippen molar-refractivity contribution >= 4 is 23.4 Å². The van der Waals surface area contributed by atoms with Gasteiger partial charge >= 0.3 is 5.97 Å². The summed E-state index contributed by atoms with van der Waals surface area (Å²) in [5.74, 6) is -7.33. The van der Waals surface area contributed by atoms with E-state index in [0.717, 1.165) is 5.57 Å². The van der Waals surface area contributed by atoms with Crippen LogP contribution in [0.5, 0.6) is 0 Å². The first-order valence-electron chi connectivity index (χ1n) is 18.3. The van der Waals surface area contributed by atoms with Gasteiger partial charge in [0.2, 0.25) is 5.79 Å². The molecule has 2 N–H and O–H groups in total. The minimum atomic E-state index is -2.47. The molecule has 3 rings (SSSR count). The van der Waals surface area contributed by atoms with Gasteiger partial charge in [0.15, 0.2) is 0 Å². The van der Waals surface area contributed by atoms with Crippen molar-refractivity contribution in [1.82, 2.24) is 4.90 Å². The number of hydrogen-bond donors (Lipinski definition) is 2. The molecule has 282 valence electrons. The van der Waals surface area contributed by atoms with Gasteiger partial charge in [-0.3, -0.25) is 14.4 Å². The van der Waals surface area contributed by atoms with Crippen molar-refractivity contribution < 1.29 is 48.3 Å². The van der Waals surface area contributed by atoms with Crippen molar-refractivity contribution in [3.63, 3.8) is 0 Å². The maximum atomic E-state index is 14.0. The Morgan fingerprint density at radius 1 is 1.10 bits per heavy atom. The van der Waals surface area contributed by atoms with E-state index in [1.54, 1.807) is 19.9 Å². The van der Waals surface area contributed by atoms with Gasteiger partial charge in [0.05, 0.1) is 18.3 Å². The summed E-state index contributed by atoms with van der Waals surface area (Å²) in [5, 5.41) is 23.3. The van der Waals surface area contributed by atoms with Crippen LogP contribution >= 0.6 is 0 Å². The van der Waals surface area contributed by atoms with Crippen LogP contribution in [0.4, 0.5) is 0 Å². The minimum absolute atomic E-state index is 0.109. The number of carbonyl (C=O) groups is 4. The molecule has 0 aromatic carbocycles. The zero-order valence-corrected chi connectivity index (χ0v) is 31.4. The van der Waals surface area contributed by atoms with Crippen molar-refractivity contribution in [2.24, 2.45) is 23.7 Å². The number of nitrogens with zero attached hydrogens (tertiary/aromatic N) is 1. The fourth-order valence-corrected chi connectivity index (χ4v) is 7.65. The van der Waals surface area contributed by atoms with Gasteiger partial charge in [0.1, 0.15) is 24.0 Å². The SMILES string of the molecule is C=CCC1/C=C(\C)CCC[C@H](OC)C2OC(O)(C(=O)C(=O)N3CCCC[C@H]3C(=O)O[C@H](/C(C)=C/C(C)C)[C@H](C)[C@@H](O)CC1=O)C(C)CC2OC. The third kappa shape index (κ3) is 10.00. The molecule has 3 aliphatic heterocycles. The Hall–Kier alpha value is -2.70. The lowest BCUT2D eigenvalue weighted by Crippen LogP contribution is -2.64. The smallest absolute Gasteiger partial charge is 0.329 e. The van der Waals surface area contributed by atoms with E-state index in [-0.39, 0.29) is 37.5 Å². The molecular formula is C39H61NO10. The van der Waals surface area contributed by atoms with Gasteiger partial charge in [-0.2, -0.15) is 0 Å². The molecule has 2 bridgehead atoms. The Kier molecular flexibility index (Phi) is 15.6. The molecule has 1 amide bonds. The lowest BCUT2D eigenvalue weighted by molar-refractivity contribution is -0.302. The quantitative estimate of drug-likeness (QED) is 0.223. The van der Waals surface area contributed by atoms with Crippen LogP contribution in [0.25, 0.3) is 0 Å². The second kappa shape index (κ2) is 18.7.